The third-order valence-electron chi connectivity index (χ3n) is 3.18. The number of rotatable bonds is 5. The van der Waals surface area contributed by atoms with Gasteiger partial charge in [0.1, 0.15) is 6.10 Å². The largest absolute Gasteiger partial charge is 0.481 e. The number of hydrogen-bond donors (Lipinski definition) is 1. The summed E-state index contributed by atoms with van der Waals surface area (Å²) in [5.41, 5.74) is 6.96. The molecule has 0 fully saturated rings. The van der Waals surface area contributed by atoms with E-state index in [1.165, 1.54) is 6.07 Å². The zero-order valence-corrected chi connectivity index (χ0v) is 13.9. The van der Waals surface area contributed by atoms with Crippen molar-refractivity contribution < 1.29 is 9.13 Å². The molecule has 5 heteroatoms. The molecule has 0 spiro atoms. The lowest BCUT2D eigenvalue weighted by Crippen LogP contribution is -2.31. The third-order valence-corrected chi connectivity index (χ3v) is 3.91. The minimum absolute atomic E-state index is 0.165. The lowest BCUT2D eigenvalue weighted by atomic mass is 10.0. The van der Waals surface area contributed by atoms with Crippen LogP contribution in [0.4, 0.5) is 4.39 Å². The predicted octanol–water partition coefficient (Wildman–Crippen LogP) is 5.10. The average molecular weight is 373 g/mol. The van der Waals surface area contributed by atoms with Crippen LogP contribution in [-0.4, -0.2) is 6.04 Å². The van der Waals surface area contributed by atoms with Gasteiger partial charge in [-0.05, 0) is 42.3 Å². The molecule has 2 unspecified atom stereocenters. The number of benzene rings is 2. The van der Waals surface area contributed by atoms with E-state index in [1.54, 1.807) is 24.3 Å². The van der Waals surface area contributed by atoms with E-state index in [0.29, 0.717) is 11.4 Å². The van der Waals surface area contributed by atoms with Crippen LogP contribution in [0, 0.1) is 5.82 Å². The molecule has 0 aliphatic heterocycles. The molecule has 2 nitrogen and oxygen atoms in total. The van der Waals surface area contributed by atoms with Gasteiger partial charge in [0.05, 0.1) is 0 Å². The van der Waals surface area contributed by atoms with E-state index in [9.17, 15) is 4.39 Å². The van der Waals surface area contributed by atoms with Gasteiger partial charge in [-0.25, -0.2) is 4.39 Å². The number of halogens is 3. The van der Waals surface area contributed by atoms with Gasteiger partial charge in [0.25, 0.3) is 0 Å². The van der Waals surface area contributed by atoms with Crippen molar-refractivity contribution in [2.75, 3.05) is 0 Å². The first-order chi connectivity index (χ1) is 10.0. The molecule has 2 N–H and O–H groups in total. The van der Waals surface area contributed by atoms with Crippen LogP contribution in [0.3, 0.4) is 0 Å². The molecule has 0 aromatic heterocycles. The van der Waals surface area contributed by atoms with E-state index >= 15 is 0 Å². The first-order valence-electron chi connectivity index (χ1n) is 6.64. The van der Waals surface area contributed by atoms with Crippen LogP contribution in [0.5, 0.6) is 5.75 Å². The summed E-state index contributed by atoms with van der Waals surface area (Å²) in [5.74, 6) is -0.258. The third kappa shape index (κ3) is 4.19. The highest BCUT2D eigenvalue weighted by Gasteiger charge is 2.22. The monoisotopic (exact) mass is 371 g/mol. The van der Waals surface area contributed by atoms with Gasteiger partial charge in [0.15, 0.2) is 11.6 Å². The van der Waals surface area contributed by atoms with Crippen LogP contribution in [0.15, 0.2) is 46.9 Å². The Labute approximate surface area is 137 Å². The Morgan fingerprint density at radius 3 is 2.71 bits per heavy atom. The molecule has 0 saturated carbocycles. The summed E-state index contributed by atoms with van der Waals surface area (Å²) >= 11 is 9.33. The first kappa shape index (κ1) is 16.3. The minimum atomic E-state index is -0.461. The molecule has 0 saturated heterocycles. The van der Waals surface area contributed by atoms with Crippen molar-refractivity contribution in [3.05, 3.63) is 63.3 Å². The SMILES string of the molecule is CCC(N)C(Oc1cc(Br)ccc1F)c1cccc(Cl)c1. The van der Waals surface area contributed by atoms with Crippen molar-refractivity contribution in [2.24, 2.45) is 5.73 Å². The zero-order valence-electron chi connectivity index (χ0n) is 11.5. The smallest absolute Gasteiger partial charge is 0.165 e. The van der Waals surface area contributed by atoms with Gasteiger partial charge < -0.3 is 10.5 Å². The van der Waals surface area contributed by atoms with Crippen LogP contribution >= 0.6 is 27.5 Å². The summed E-state index contributed by atoms with van der Waals surface area (Å²) in [7, 11) is 0. The van der Waals surface area contributed by atoms with Gasteiger partial charge in [0, 0.05) is 15.5 Å². The Kier molecular flexibility index (Phi) is 5.62. The van der Waals surface area contributed by atoms with Gasteiger partial charge >= 0.3 is 0 Å². The fraction of sp³-hybridized carbons (Fsp3) is 0.250. The van der Waals surface area contributed by atoms with Crippen LogP contribution in [0.25, 0.3) is 0 Å². The van der Waals surface area contributed by atoms with Crippen molar-refractivity contribution in [1.82, 2.24) is 0 Å². The summed E-state index contributed by atoms with van der Waals surface area (Å²) in [4.78, 5) is 0. The van der Waals surface area contributed by atoms with Gasteiger partial charge in [-0.3, -0.25) is 0 Å². The summed E-state index contributed by atoms with van der Waals surface area (Å²) in [5, 5.41) is 0.596. The molecule has 0 bridgehead atoms. The normalized spacial score (nSPS) is 13.8. The van der Waals surface area contributed by atoms with Crippen molar-refractivity contribution in [3.63, 3.8) is 0 Å². The zero-order chi connectivity index (χ0) is 15.4. The fourth-order valence-corrected chi connectivity index (χ4v) is 2.54. The summed E-state index contributed by atoms with van der Waals surface area (Å²) in [6.45, 7) is 1.96. The van der Waals surface area contributed by atoms with Crippen molar-refractivity contribution in [3.8, 4) is 5.75 Å². The van der Waals surface area contributed by atoms with Crippen LogP contribution in [-0.2, 0) is 0 Å². The Bertz CT molecular complexity index is 623. The predicted molar refractivity (Wildman–Crippen MR) is 87.2 cm³/mol. The average Bonchev–Trinajstić information content (AvgIpc) is 2.47. The standard InChI is InChI=1S/C16H16BrClFNO/c1-2-14(20)16(10-4-3-5-12(18)8-10)21-15-9-11(17)6-7-13(15)19/h3-9,14,16H,2,20H2,1H3. The van der Waals surface area contributed by atoms with Crippen molar-refractivity contribution >= 4 is 27.5 Å². The van der Waals surface area contributed by atoms with E-state index in [1.807, 2.05) is 19.1 Å². The molecule has 112 valence electrons. The molecule has 0 heterocycles. The first-order valence-corrected chi connectivity index (χ1v) is 7.81. The Balaban J connectivity index is 2.35. The second-order valence-corrected chi connectivity index (χ2v) is 6.09. The fourth-order valence-electron chi connectivity index (χ4n) is 2.00. The Morgan fingerprint density at radius 2 is 2.05 bits per heavy atom. The van der Waals surface area contributed by atoms with Gasteiger partial charge in [-0.15, -0.1) is 0 Å². The van der Waals surface area contributed by atoms with Crippen LogP contribution in [0.1, 0.15) is 25.0 Å². The van der Waals surface area contributed by atoms with Gasteiger partial charge in [-0.1, -0.05) is 46.6 Å². The maximum Gasteiger partial charge on any atom is 0.165 e. The maximum absolute atomic E-state index is 13.9. The Morgan fingerprint density at radius 1 is 1.29 bits per heavy atom. The molecular formula is C16H16BrClFNO. The number of ether oxygens (including phenoxy) is 1. The Hall–Kier alpha value is -1.10. The minimum Gasteiger partial charge on any atom is -0.481 e. The maximum atomic E-state index is 13.9. The van der Waals surface area contributed by atoms with Crippen LogP contribution < -0.4 is 10.5 Å². The molecule has 2 aromatic rings. The molecule has 0 radical (unpaired) electrons. The lowest BCUT2D eigenvalue weighted by molar-refractivity contribution is 0.163. The molecule has 0 aliphatic carbocycles. The highest BCUT2D eigenvalue weighted by atomic mass is 79.9. The topological polar surface area (TPSA) is 35.2 Å². The second kappa shape index (κ2) is 7.25. The van der Waals surface area contributed by atoms with Crippen molar-refractivity contribution in [2.45, 2.75) is 25.5 Å². The molecule has 0 amide bonds. The summed E-state index contributed by atoms with van der Waals surface area (Å²) in [6, 6.07) is 11.6. The molecule has 0 aliphatic rings. The molecule has 2 aromatic carbocycles. The van der Waals surface area contributed by atoms with Gasteiger partial charge in [-0.2, -0.15) is 0 Å². The number of hydrogen-bond acceptors (Lipinski definition) is 2. The van der Waals surface area contributed by atoms with E-state index in [-0.39, 0.29) is 11.8 Å². The summed E-state index contributed by atoms with van der Waals surface area (Å²) in [6.07, 6.45) is 0.241. The van der Waals surface area contributed by atoms with E-state index < -0.39 is 11.9 Å². The highest BCUT2D eigenvalue weighted by molar-refractivity contribution is 9.10. The van der Waals surface area contributed by atoms with E-state index in [0.717, 1.165) is 10.0 Å². The second-order valence-electron chi connectivity index (χ2n) is 4.74. The lowest BCUT2D eigenvalue weighted by Gasteiger charge is -2.25. The van der Waals surface area contributed by atoms with E-state index in [4.69, 9.17) is 22.1 Å². The molecule has 21 heavy (non-hydrogen) atoms. The summed E-state index contributed by atoms with van der Waals surface area (Å²) < 4.78 is 20.5. The molecular weight excluding hydrogens is 357 g/mol. The van der Waals surface area contributed by atoms with Crippen molar-refractivity contribution in [1.29, 1.82) is 0 Å². The van der Waals surface area contributed by atoms with Crippen LogP contribution in [0.2, 0.25) is 5.02 Å². The van der Waals surface area contributed by atoms with Gasteiger partial charge in [0.2, 0.25) is 0 Å². The number of nitrogens with two attached hydrogens (primary N) is 1. The highest BCUT2D eigenvalue weighted by Crippen LogP contribution is 2.30. The molecule has 2 rings (SSSR count). The molecule has 2 atom stereocenters. The quantitative estimate of drug-likeness (QED) is 0.792. The van der Waals surface area contributed by atoms with E-state index in [2.05, 4.69) is 15.9 Å².